The van der Waals surface area contributed by atoms with E-state index in [-0.39, 0.29) is 0 Å². The number of hydrogen-bond donors (Lipinski definition) is 2. The summed E-state index contributed by atoms with van der Waals surface area (Å²) in [7, 11) is 1.89. The first-order valence-electron chi connectivity index (χ1n) is 7.19. The lowest BCUT2D eigenvalue weighted by Crippen LogP contribution is -2.11. The SMILES string of the molecule is CCCc1nc(NC)cc(NCCC2CCOC2)n1. The van der Waals surface area contributed by atoms with Gasteiger partial charge in [-0.05, 0) is 25.2 Å². The van der Waals surface area contributed by atoms with Crippen LogP contribution >= 0.6 is 0 Å². The molecule has 1 aromatic rings. The zero-order valence-corrected chi connectivity index (χ0v) is 11.9. The molecule has 2 heterocycles. The molecule has 0 radical (unpaired) electrons. The molecule has 1 fully saturated rings. The third-order valence-electron chi connectivity index (χ3n) is 3.38. The first kappa shape index (κ1) is 14.1. The van der Waals surface area contributed by atoms with Crippen LogP contribution in [0.2, 0.25) is 0 Å². The van der Waals surface area contributed by atoms with Crippen LogP contribution in [0.5, 0.6) is 0 Å². The van der Waals surface area contributed by atoms with Crippen molar-refractivity contribution in [3.63, 3.8) is 0 Å². The summed E-state index contributed by atoms with van der Waals surface area (Å²) < 4.78 is 5.38. The molecular weight excluding hydrogens is 240 g/mol. The molecule has 5 nitrogen and oxygen atoms in total. The van der Waals surface area contributed by atoms with Gasteiger partial charge in [0.1, 0.15) is 17.5 Å². The maximum absolute atomic E-state index is 5.38. The molecule has 106 valence electrons. The van der Waals surface area contributed by atoms with Gasteiger partial charge in [-0.15, -0.1) is 0 Å². The van der Waals surface area contributed by atoms with Crippen molar-refractivity contribution >= 4 is 11.6 Å². The van der Waals surface area contributed by atoms with Gasteiger partial charge in [-0.3, -0.25) is 0 Å². The average Bonchev–Trinajstić information content (AvgIpc) is 2.92. The molecule has 1 atom stereocenters. The number of aryl methyl sites for hydroxylation is 1. The van der Waals surface area contributed by atoms with E-state index in [1.165, 1.54) is 6.42 Å². The summed E-state index contributed by atoms with van der Waals surface area (Å²) in [5.74, 6) is 3.40. The minimum atomic E-state index is 0.702. The van der Waals surface area contributed by atoms with E-state index in [1.54, 1.807) is 0 Å². The van der Waals surface area contributed by atoms with Crippen LogP contribution in [0.15, 0.2) is 6.07 Å². The highest BCUT2D eigenvalue weighted by Gasteiger charge is 2.14. The van der Waals surface area contributed by atoms with Crippen molar-refractivity contribution in [3.05, 3.63) is 11.9 Å². The zero-order valence-electron chi connectivity index (χ0n) is 11.9. The summed E-state index contributed by atoms with van der Waals surface area (Å²) in [5, 5.41) is 6.48. The standard InChI is InChI=1S/C14H24N4O/c1-3-4-12-17-13(15-2)9-14(18-12)16-7-5-11-6-8-19-10-11/h9,11H,3-8,10H2,1-2H3,(H2,15,16,17,18). The van der Waals surface area contributed by atoms with Crippen molar-refractivity contribution in [2.45, 2.75) is 32.6 Å². The molecule has 0 aromatic carbocycles. The normalized spacial score (nSPS) is 18.5. The van der Waals surface area contributed by atoms with Gasteiger partial charge >= 0.3 is 0 Å². The number of hydrogen-bond acceptors (Lipinski definition) is 5. The Morgan fingerprint density at radius 1 is 1.37 bits per heavy atom. The summed E-state index contributed by atoms with van der Waals surface area (Å²) in [5.41, 5.74) is 0. The summed E-state index contributed by atoms with van der Waals surface area (Å²) in [6.45, 7) is 4.92. The molecule has 2 N–H and O–H groups in total. The van der Waals surface area contributed by atoms with Crippen molar-refractivity contribution < 1.29 is 4.74 Å². The Labute approximate surface area is 115 Å². The predicted octanol–water partition coefficient (Wildman–Crippen LogP) is 2.31. The fraction of sp³-hybridized carbons (Fsp3) is 0.714. The molecule has 1 saturated heterocycles. The molecule has 5 heteroatoms. The van der Waals surface area contributed by atoms with Gasteiger partial charge in [-0.2, -0.15) is 0 Å². The fourth-order valence-corrected chi connectivity index (χ4v) is 2.27. The highest BCUT2D eigenvalue weighted by Crippen LogP contribution is 2.17. The maximum atomic E-state index is 5.38. The molecule has 0 spiro atoms. The summed E-state index contributed by atoms with van der Waals surface area (Å²) in [4.78, 5) is 8.99. The molecule has 2 rings (SSSR count). The lowest BCUT2D eigenvalue weighted by atomic mass is 10.1. The molecule has 0 bridgehead atoms. The second-order valence-corrected chi connectivity index (χ2v) is 5.00. The van der Waals surface area contributed by atoms with Gasteiger partial charge in [-0.25, -0.2) is 9.97 Å². The highest BCUT2D eigenvalue weighted by molar-refractivity contribution is 5.47. The Bertz CT molecular complexity index is 391. The van der Waals surface area contributed by atoms with Crippen LogP contribution in [-0.4, -0.2) is 36.8 Å². The van der Waals surface area contributed by atoms with E-state index in [4.69, 9.17) is 4.74 Å². The zero-order chi connectivity index (χ0) is 13.5. The van der Waals surface area contributed by atoms with Crippen molar-refractivity contribution in [2.75, 3.05) is 37.4 Å². The van der Waals surface area contributed by atoms with Crippen molar-refractivity contribution in [3.8, 4) is 0 Å². The number of anilines is 2. The Morgan fingerprint density at radius 3 is 2.89 bits per heavy atom. The quantitative estimate of drug-likeness (QED) is 0.791. The lowest BCUT2D eigenvalue weighted by Gasteiger charge is -2.11. The van der Waals surface area contributed by atoms with E-state index in [1.807, 2.05) is 13.1 Å². The van der Waals surface area contributed by atoms with E-state index >= 15 is 0 Å². The second-order valence-electron chi connectivity index (χ2n) is 5.00. The van der Waals surface area contributed by atoms with E-state index in [9.17, 15) is 0 Å². The molecular formula is C14H24N4O. The van der Waals surface area contributed by atoms with Crippen molar-refractivity contribution in [2.24, 2.45) is 5.92 Å². The van der Waals surface area contributed by atoms with Crippen molar-refractivity contribution in [1.82, 2.24) is 9.97 Å². The Balaban J connectivity index is 1.88. The van der Waals surface area contributed by atoms with Crippen molar-refractivity contribution in [1.29, 1.82) is 0 Å². The number of aromatic nitrogens is 2. The largest absolute Gasteiger partial charge is 0.381 e. The molecule has 1 aliphatic rings. The number of ether oxygens (including phenoxy) is 1. The van der Waals surface area contributed by atoms with Crippen LogP contribution in [0.25, 0.3) is 0 Å². The topological polar surface area (TPSA) is 59.1 Å². The van der Waals surface area contributed by atoms with Crippen LogP contribution in [0, 0.1) is 5.92 Å². The molecule has 0 saturated carbocycles. The summed E-state index contributed by atoms with van der Waals surface area (Å²) >= 11 is 0. The molecule has 19 heavy (non-hydrogen) atoms. The monoisotopic (exact) mass is 264 g/mol. The molecule has 0 aliphatic carbocycles. The van der Waals surface area contributed by atoms with E-state index in [2.05, 4.69) is 27.5 Å². The fourth-order valence-electron chi connectivity index (χ4n) is 2.27. The van der Waals surface area contributed by atoms with Gasteiger partial charge in [0.15, 0.2) is 0 Å². The van der Waals surface area contributed by atoms with E-state index < -0.39 is 0 Å². The number of nitrogens with zero attached hydrogens (tertiary/aromatic N) is 2. The first-order valence-corrected chi connectivity index (χ1v) is 7.19. The molecule has 1 unspecified atom stereocenters. The average molecular weight is 264 g/mol. The predicted molar refractivity (Wildman–Crippen MR) is 77.6 cm³/mol. The Hall–Kier alpha value is -1.36. The maximum Gasteiger partial charge on any atom is 0.133 e. The minimum Gasteiger partial charge on any atom is -0.381 e. The van der Waals surface area contributed by atoms with Gasteiger partial charge in [0, 0.05) is 39.3 Å². The van der Waals surface area contributed by atoms with E-state index in [0.717, 1.165) is 56.5 Å². The van der Waals surface area contributed by atoms with Crippen LogP contribution in [-0.2, 0) is 11.2 Å². The van der Waals surface area contributed by atoms with Crippen LogP contribution in [0.4, 0.5) is 11.6 Å². The minimum absolute atomic E-state index is 0.702. The summed E-state index contributed by atoms with van der Waals surface area (Å²) in [6.07, 6.45) is 4.31. The van der Waals surface area contributed by atoms with Gasteiger partial charge in [-0.1, -0.05) is 6.92 Å². The smallest absolute Gasteiger partial charge is 0.133 e. The van der Waals surface area contributed by atoms with Gasteiger partial charge in [0.05, 0.1) is 0 Å². The van der Waals surface area contributed by atoms with Crippen LogP contribution in [0.1, 0.15) is 32.0 Å². The summed E-state index contributed by atoms with van der Waals surface area (Å²) in [6, 6.07) is 1.96. The highest BCUT2D eigenvalue weighted by atomic mass is 16.5. The number of nitrogens with one attached hydrogen (secondary N) is 2. The lowest BCUT2D eigenvalue weighted by molar-refractivity contribution is 0.185. The van der Waals surface area contributed by atoms with E-state index in [0.29, 0.717) is 5.92 Å². The molecule has 1 aromatic heterocycles. The third kappa shape index (κ3) is 4.35. The second kappa shape index (κ2) is 7.28. The Kier molecular flexibility index (Phi) is 5.39. The van der Waals surface area contributed by atoms with Gasteiger partial charge in [0.25, 0.3) is 0 Å². The third-order valence-corrected chi connectivity index (χ3v) is 3.38. The Morgan fingerprint density at radius 2 is 2.21 bits per heavy atom. The van der Waals surface area contributed by atoms with Crippen LogP contribution < -0.4 is 10.6 Å². The molecule has 0 amide bonds. The first-order chi connectivity index (χ1) is 9.31. The van der Waals surface area contributed by atoms with Crippen LogP contribution in [0.3, 0.4) is 0 Å². The molecule has 1 aliphatic heterocycles. The van der Waals surface area contributed by atoms with Gasteiger partial charge in [0.2, 0.25) is 0 Å². The number of rotatable bonds is 7. The van der Waals surface area contributed by atoms with Gasteiger partial charge < -0.3 is 15.4 Å².